The summed E-state index contributed by atoms with van der Waals surface area (Å²) in [4.78, 5) is 18.7. The van der Waals surface area contributed by atoms with Crippen LogP contribution in [0.5, 0.6) is 0 Å². The van der Waals surface area contributed by atoms with Crippen LogP contribution in [0.3, 0.4) is 0 Å². The highest BCUT2D eigenvalue weighted by molar-refractivity contribution is 5.91. The Balaban J connectivity index is 2.37. The van der Waals surface area contributed by atoms with E-state index in [9.17, 15) is 22.4 Å². The first-order chi connectivity index (χ1) is 11.3. The number of rotatable bonds is 5. The molecule has 0 aliphatic heterocycles. The van der Waals surface area contributed by atoms with E-state index in [0.717, 1.165) is 18.3 Å². The average Bonchev–Trinajstić information content (AvgIpc) is 2.52. The monoisotopic (exact) mass is 343 g/mol. The first-order valence-corrected chi connectivity index (χ1v) is 6.79. The summed E-state index contributed by atoms with van der Waals surface area (Å²) in [5, 5.41) is 2.15. The Labute approximate surface area is 134 Å². The van der Waals surface area contributed by atoms with Crippen LogP contribution in [0.1, 0.15) is 12.1 Å². The largest absolute Gasteiger partial charge is 0.435 e. The van der Waals surface area contributed by atoms with Crippen LogP contribution in [0.25, 0.3) is 11.3 Å². The number of ether oxygens (including phenoxy) is 1. The normalized spacial score (nSPS) is 11.4. The van der Waals surface area contributed by atoms with Gasteiger partial charge in [-0.05, 0) is 18.2 Å². The van der Waals surface area contributed by atoms with Crippen LogP contribution in [0, 0.1) is 5.82 Å². The minimum absolute atomic E-state index is 0.0770. The fourth-order valence-electron chi connectivity index (χ4n) is 1.90. The lowest BCUT2D eigenvalue weighted by Crippen LogP contribution is -2.19. The molecule has 2 rings (SSSR count). The lowest BCUT2D eigenvalue weighted by atomic mass is 10.1. The lowest BCUT2D eigenvalue weighted by molar-refractivity contribution is -0.140. The summed E-state index contributed by atoms with van der Waals surface area (Å²) in [6.07, 6.45) is -2.76. The number of pyridine rings is 2. The molecular weight excluding hydrogens is 330 g/mol. The van der Waals surface area contributed by atoms with Gasteiger partial charge in [0.05, 0.1) is 30.6 Å². The van der Waals surface area contributed by atoms with E-state index < -0.39 is 29.3 Å². The standard InChI is InChI=1S/C15H13F4N3O2/c1-24-5-4-13(23)21-12-3-2-11(22-14(12)15(17,18)19)9-6-10(16)8-20-7-9/h2-3,6-8H,4-5H2,1H3,(H,21,23). The van der Waals surface area contributed by atoms with Crippen LogP contribution in [-0.4, -0.2) is 29.6 Å². The van der Waals surface area contributed by atoms with Gasteiger partial charge in [-0.2, -0.15) is 13.2 Å². The van der Waals surface area contributed by atoms with Crippen molar-refractivity contribution in [2.24, 2.45) is 0 Å². The molecule has 0 fully saturated rings. The van der Waals surface area contributed by atoms with E-state index in [0.29, 0.717) is 0 Å². The van der Waals surface area contributed by atoms with Crippen molar-refractivity contribution in [2.75, 3.05) is 19.0 Å². The highest BCUT2D eigenvalue weighted by Gasteiger charge is 2.36. The Hall–Kier alpha value is -2.55. The maximum atomic E-state index is 13.2. The van der Waals surface area contributed by atoms with E-state index >= 15 is 0 Å². The Bertz CT molecular complexity index is 735. The molecule has 2 heterocycles. The quantitative estimate of drug-likeness (QED) is 0.847. The van der Waals surface area contributed by atoms with Gasteiger partial charge in [0.1, 0.15) is 5.82 Å². The van der Waals surface area contributed by atoms with Gasteiger partial charge in [0, 0.05) is 18.9 Å². The molecule has 0 spiro atoms. The summed E-state index contributed by atoms with van der Waals surface area (Å²) in [5.41, 5.74) is -1.76. The minimum atomic E-state index is -4.79. The van der Waals surface area contributed by atoms with Gasteiger partial charge in [0.2, 0.25) is 5.91 Å². The number of hydrogen-bond donors (Lipinski definition) is 1. The number of anilines is 1. The third kappa shape index (κ3) is 4.48. The zero-order chi connectivity index (χ0) is 17.7. The van der Waals surface area contributed by atoms with Crippen molar-refractivity contribution >= 4 is 11.6 Å². The molecule has 1 amide bonds. The predicted octanol–water partition coefficient (Wildman–Crippen LogP) is 3.28. The van der Waals surface area contributed by atoms with Gasteiger partial charge in [0.15, 0.2) is 5.69 Å². The highest BCUT2D eigenvalue weighted by atomic mass is 19.4. The molecule has 128 valence electrons. The molecule has 0 aromatic carbocycles. The summed E-state index contributed by atoms with van der Waals surface area (Å²) in [6, 6.07) is 3.34. The van der Waals surface area contributed by atoms with Gasteiger partial charge in [-0.25, -0.2) is 9.37 Å². The van der Waals surface area contributed by atoms with Crippen molar-refractivity contribution in [3.05, 3.63) is 42.1 Å². The number of nitrogens with zero attached hydrogens (tertiary/aromatic N) is 2. The number of alkyl halides is 3. The number of methoxy groups -OCH3 is 1. The molecule has 0 saturated heterocycles. The SMILES string of the molecule is COCCC(=O)Nc1ccc(-c2cncc(F)c2)nc1C(F)(F)F. The number of amides is 1. The molecule has 0 bridgehead atoms. The molecule has 0 atom stereocenters. The molecule has 0 aliphatic rings. The molecule has 0 saturated carbocycles. The number of halogens is 4. The van der Waals surface area contributed by atoms with E-state index in [1.54, 1.807) is 0 Å². The fourth-order valence-corrected chi connectivity index (χ4v) is 1.90. The highest BCUT2D eigenvalue weighted by Crippen LogP contribution is 2.35. The molecule has 0 unspecified atom stereocenters. The van der Waals surface area contributed by atoms with Crippen molar-refractivity contribution in [1.29, 1.82) is 0 Å². The minimum Gasteiger partial charge on any atom is -0.384 e. The van der Waals surface area contributed by atoms with Crippen LogP contribution >= 0.6 is 0 Å². The lowest BCUT2D eigenvalue weighted by Gasteiger charge is -2.14. The second-order valence-electron chi connectivity index (χ2n) is 4.77. The molecule has 24 heavy (non-hydrogen) atoms. The van der Waals surface area contributed by atoms with Gasteiger partial charge in [-0.1, -0.05) is 0 Å². The number of carbonyl (C=O) groups excluding carboxylic acids is 1. The maximum absolute atomic E-state index is 13.2. The van der Waals surface area contributed by atoms with Crippen LogP contribution < -0.4 is 5.32 Å². The van der Waals surface area contributed by atoms with E-state index in [2.05, 4.69) is 15.3 Å². The summed E-state index contributed by atoms with van der Waals surface area (Å²) in [5.74, 6) is -1.33. The first kappa shape index (κ1) is 17.8. The van der Waals surface area contributed by atoms with Gasteiger partial charge >= 0.3 is 6.18 Å². The van der Waals surface area contributed by atoms with E-state index in [-0.39, 0.29) is 24.3 Å². The van der Waals surface area contributed by atoms with Crippen LogP contribution in [0.2, 0.25) is 0 Å². The molecule has 2 aromatic rings. The number of hydrogen-bond acceptors (Lipinski definition) is 4. The Morgan fingerprint density at radius 3 is 2.67 bits per heavy atom. The number of carbonyl (C=O) groups is 1. The third-order valence-corrected chi connectivity index (χ3v) is 2.97. The second kappa shape index (κ2) is 7.35. The van der Waals surface area contributed by atoms with Crippen LogP contribution in [-0.2, 0) is 15.7 Å². The molecule has 0 radical (unpaired) electrons. The van der Waals surface area contributed by atoms with Gasteiger partial charge in [0.25, 0.3) is 0 Å². The van der Waals surface area contributed by atoms with Crippen molar-refractivity contribution < 1.29 is 27.1 Å². The first-order valence-electron chi connectivity index (χ1n) is 6.79. The number of nitrogens with one attached hydrogen (secondary N) is 1. The van der Waals surface area contributed by atoms with Gasteiger partial charge in [-0.15, -0.1) is 0 Å². The van der Waals surface area contributed by atoms with Crippen molar-refractivity contribution in [1.82, 2.24) is 9.97 Å². The van der Waals surface area contributed by atoms with Gasteiger partial charge in [-0.3, -0.25) is 9.78 Å². The predicted molar refractivity (Wildman–Crippen MR) is 77.6 cm³/mol. The van der Waals surface area contributed by atoms with E-state index in [1.807, 2.05) is 0 Å². The zero-order valence-corrected chi connectivity index (χ0v) is 12.5. The Kier molecular flexibility index (Phi) is 5.45. The van der Waals surface area contributed by atoms with Gasteiger partial charge < -0.3 is 10.1 Å². The van der Waals surface area contributed by atoms with Crippen LogP contribution in [0.15, 0.2) is 30.6 Å². The zero-order valence-electron chi connectivity index (χ0n) is 12.5. The van der Waals surface area contributed by atoms with E-state index in [4.69, 9.17) is 4.74 Å². The maximum Gasteiger partial charge on any atom is 0.435 e. The van der Waals surface area contributed by atoms with Crippen molar-refractivity contribution in [3.8, 4) is 11.3 Å². The summed E-state index contributed by atoms with van der Waals surface area (Å²) in [7, 11) is 1.37. The van der Waals surface area contributed by atoms with Crippen molar-refractivity contribution in [2.45, 2.75) is 12.6 Å². The summed E-state index contributed by atoms with van der Waals surface area (Å²) >= 11 is 0. The second-order valence-corrected chi connectivity index (χ2v) is 4.77. The molecule has 5 nitrogen and oxygen atoms in total. The molecule has 9 heteroatoms. The van der Waals surface area contributed by atoms with E-state index in [1.165, 1.54) is 19.4 Å². The summed E-state index contributed by atoms with van der Waals surface area (Å²) in [6.45, 7) is 0.0770. The molecule has 0 aliphatic carbocycles. The smallest absolute Gasteiger partial charge is 0.384 e. The molecule has 1 N–H and O–H groups in total. The summed E-state index contributed by atoms with van der Waals surface area (Å²) < 4.78 is 57.5. The van der Waals surface area contributed by atoms with Crippen LogP contribution in [0.4, 0.5) is 23.2 Å². The van der Waals surface area contributed by atoms with Crippen molar-refractivity contribution in [3.63, 3.8) is 0 Å². The Morgan fingerprint density at radius 2 is 2.04 bits per heavy atom. The molecular formula is C15H13F4N3O2. The third-order valence-electron chi connectivity index (χ3n) is 2.97. The molecule has 2 aromatic heterocycles. The Morgan fingerprint density at radius 1 is 1.29 bits per heavy atom. The number of aromatic nitrogens is 2. The topological polar surface area (TPSA) is 64.1 Å². The fraction of sp³-hybridized carbons (Fsp3) is 0.267. The average molecular weight is 343 g/mol.